The van der Waals surface area contributed by atoms with E-state index in [-0.39, 0.29) is 24.3 Å². The number of rotatable bonds is 10. The van der Waals surface area contributed by atoms with Gasteiger partial charge in [-0.1, -0.05) is 6.07 Å². The normalized spacial score (nSPS) is 15.8. The van der Waals surface area contributed by atoms with Crippen molar-refractivity contribution < 1.29 is 18.8 Å². The predicted octanol–water partition coefficient (Wildman–Crippen LogP) is 1.40. The highest BCUT2D eigenvalue weighted by Gasteiger charge is 2.35. The van der Waals surface area contributed by atoms with E-state index in [9.17, 15) is 24.0 Å². The Balaban J connectivity index is 1.18. The number of tetrazole rings is 1. The molecule has 3 heterocycles. The highest BCUT2D eigenvalue weighted by molar-refractivity contribution is 5.51. The third-order valence-electron chi connectivity index (χ3n) is 6.67. The first kappa shape index (κ1) is 26.2. The Labute approximate surface area is 221 Å². The Kier molecular flexibility index (Phi) is 7.51. The Hall–Kier alpha value is -4.37. The number of benzene rings is 2. The van der Waals surface area contributed by atoms with Gasteiger partial charge in [0, 0.05) is 68.6 Å². The average Bonchev–Trinajstić information content (AvgIpc) is 3.59. The van der Waals surface area contributed by atoms with Crippen LogP contribution in [0.5, 0.6) is 0 Å². The smallest absolute Gasteiger partial charge is 0.269 e. The van der Waals surface area contributed by atoms with Crippen molar-refractivity contribution in [2.45, 2.75) is 25.1 Å². The van der Waals surface area contributed by atoms with Gasteiger partial charge in [-0.25, -0.2) is 18.4 Å². The fraction of sp³-hybridized carbons (Fsp3) is 0.375. The number of hydrogen-bond acceptors (Lipinski definition) is 10. The second-order valence-electron chi connectivity index (χ2n) is 9.34. The lowest BCUT2D eigenvalue weighted by Crippen LogP contribution is -2.47. The van der Waals surface area contributed by atoms with E-state index < -0.39 is 22.2 Å². The number of aromatic nitrogens is 7. The second kappa shape index (κ2) is 11.2. The highest BCUT2D eigenvalue weighted by Crippen LogP contribution is 2.28. The summed E-state index contributed by atoms with van der Waals surface area (Å²) in [6.07, 6.45) is 3.19. The number of halogens is 2. The van der Waals surface area contributed by atoms with Gasteiger partial charge in [0.1, 0.15) is 29.9 Å². The number of piperazine rings is 1. The van der Waals surface area contributed by atoms with Crippen molar-refractivity contribution in [3.8, 4) is 0 Å². The van der Waals surface area contributed by atoms with Crippen LogP contribution >= 0.6 is 0 Å². The summed E-state index contributed by atoms with van der Waals surface area (Å²) in [6.45, 7) is 3.43. The Bertz CT molecular complexity index is 1410. The maximum Gasteiger partial charge on any atom is 0.269 e. The highest BCUT2D eigenvalue weighted by atomic mass is 19.1. The van der Waals surface area contributed by atoms with Crippen molar-refractivity contribution in [1.82, 2.24) is 39.9 Å². The molecule has 0 bridgehead atoms. The molecule has 15 heteroatoms. The van der Waals surface area contributed by atoms with Crippen LogP contribution in [-0.2, 0) is 25.1 Å². The SMILES string of the molecule is O=[N+]([O-])c1ccc(N2CCN(CCc3nnn(CC(O)(Cn4cncn4)c4ccc(F)cc4F)n3)CC2)cc1. The lowest BCUT2D eigenvalue weighted by Gasteiger charge is -2.35. The van der Waals surface area contributed by atoms with E-state index in [0.29, 0.717) is 24.9 Å². The molecule has 1 unspecified atom stereocenters. The van der Waals surface area contributed by atoms with Crippen LogP contribution in [0.1, 0.15) is 11.4 Å². The zero-order valence-electron chi connectivity index (χ0n) is 20.8. The number of nitrogens with zero attached hydrogens (tertiary/aromatic N) is 10. The molecule has 1 atom stereocenters. The van der Waals surface area contributed by atoms with Gasteiger partial charge in [-0.05, 0) is 23.4 Å². The number of hydrogen-bond donors (Lipinski definition) is 1. The minimum absolute atomic E-state index is 0.0672. The molecular weight excluding hydrogens is 514 g/mol. The van der Waals surface area contributed by atoms with Gasteiger partial charge in [0.15, 0.2) is 5.82 Å². The molecule has 0 spiro atoms. The van der Waals surface area contributed by atoms with Crippen molar-refractivity contribution >= 4 is 11.4 Å². The van der Waals surface area contributed by atoms with Crippen LogP contribution in [0.2, 0.25) is 0 Å². The van der Waals surface area contributed by atoms with Crippen molar-refractivity contribution in [1.29, 1.82) is 0 Å². The molecular formula is C24H26F2N10O3. The molecule has 0 aliphatic carbocycles. The molecule has 1 aliphatic heterocycles. The second-order valence-corrected chi connectivity index (χ2v) is 9.34. The maximum atomic E-state index is 14.6. The van der Waals surface area contributed by atoms with Crippen molar-refractivity contribution in [2.24, 2.45) is 0 Å². The summed E-state index contributed by atoms with van der Waals surface area (Å²) in [6, 6.07) is 9.52. The summed E-state index contributed by atoms with van der Waals surface area (Å²) in [5.41, 5.74) is -0.958. The molecule has 0 amide bonds. The van der Waals surface area contributed by atoms with Gasteiger partial charge >= 0.3 is 0 Å². The lowest BCUT2D eigenvalue weighted by molar-refractivity contribution is -0.384. The summed E-state index contributed by atoms with van der Waals surface area (Å²) in [4.78, 5) is 19.9. The molecule has 2 aromatic heterocycles. The molecule has 4 aromatic rings. The Morgan fingerprint density at radius 1 is 1.05 bits per heavy atom. The molecule has 13 nitrogen and oxygen atoms in total. The zero-order chi connectivity index (χ0) is 27.4. The molecule has 2 aromatic carbocycles. The largest absolute Gasteiger partial charge is 0.381 e. The molecule has 39 heavy (non-hydrogen) atoms. The topological polar surface area (TPSA) is 144 Å². The molecule has 0 saturated carbocycles. The number of non-ortho nitro benzene ring substituents is 1. The average molecular weight is 541 g/mol. The minimum atomic E-state index is -1.85. The van der Waals surface area contributed by atoms with E-state index in [0.717, 1.165) is 37.9 Å². The van der Waals surface area contributed by atoms with E-state index in [1.165, 1.54) is 40.3 Å². The summed E-state index contributed by atoms with van der Waals surface area (Å²) in [5, 5.41) is 38.8. The molecule has 1 fully saturated rings. The van der Waals surface area contributed by atoms with Crippen LogP contribution in [-0.4, -0.2) is 82.6 Å². The van der Waals surface area contributed by atoms with Gasteiger partial charge in [0.25, 0.3) is 5.69 Å². The first-order valence-corrected chi connectivity index (χ1v) is 12.3. The Morgan fingerprint density at radius 2 is 1.82 bits per heavy atom. The van der Waals surface area contributed by atoms with Crippen molar-refractivity contribution in [3.05, 3.63) is 88.3 Å². The van der Waals surface area contributed by atoms with Gasteiger partial charge in [-0.2, -0.15) is 9.90 Å². The van der Waals surface area contributed by atoms with Crippen LogP contribution in [0, 0.1) is 21.7 Å². The van der Waals surface area contributed by atoms with E-state index in [1.54, 1.807) is 12.1 Å². The first-order valence-electron chi connectivity index (χ1n) is 12.3. The van der Waals surface area contributed by atoms with Gasteiger partial charge in [0.2, 0.25) is 0 Å². The van der Waals surface area contributed by atoms with Gasteiger partial charge in [-0.15, -0.1) is 10.2 Å². The van der Waals surface area contributed by atoms with Crippen LogP contribution in [0.25, 0.3) is 0 Å². The van der Waals surface area contributed by atoms with Gasteiger partial charge in [-0.3, -0.25) is 15.0 Å². The van der Waals surface area contributed by atoms with Crippen LogP contribution in [0.15, 0.2) is 55.1 Å². The first-order chi connectivity index (χ1) is 18.8. The third kappa shape index (κ3) is 6.21. The summed E-state index contributed by atoms with van der Waals surface area (Å²) < 4.78 is 29.5. The molecule has 1 saturated heterocycles. The van der Waals surface area contributed by atoms with Crippen LogP contribution in [0.3, 0.4) is 0 Å². The van der Waals surface area contributed by atoms with E-state index >= 15 is 0 Å². The lowest BCUT2D eigenvalue weighted by atomic mass is 9.93. The maximum absolute atomic E-state index is 14.6. The fourth-order valence-corrected chi connectivity index (χ4v) is 4.62. The van der Waals surface area contributed by atoms with Gasteiger partial charge in [0.05, 0.1) is 18.0 Å². The van der Waals surface area contributed by atoms with E-state index in [1.807, 2.05) is 0 Å². The van der Waals surface area contributed by atoms with Crippen molar-refractivity contribution in [3.63, 3.8) is 0 Å². The third-order valence-corrected chi connectivity index (χ3v) is 6.67. The minimum Gasteiger partial charge on any atom is -0.381 e. The molecule has 5 rings (SSSR count). The monoisotopic (exact) mass is 540 g/mol. The summed E-state index contributed by atoms with van der Waals surface area (Å²) >= 11 is 0. The van der Waals surface area contributed by atoms with E-state index in [2.05, 4.69) is 35.3 Å². The zero-order valence-corrected chi connectivity index (χ0v) is 20.8. The summed E-state index contributed by atoms with van der Waals surface area (Å²) in [7, 11) is 0. The Morgan fingerprint density at radius 3 is 2.49 bits per heavy atom. The van der Waals surface area contributed by atoms with E-state index in [4.69, 9.17) is 0 Å². The van der Waals surface area contributed by atoms with Crippen LogP contribution < -0.4 is 4.90 Å². The molecule has 1 N–H and O–H groups in total. The van der Waals surface area contributed by atoms with Crippen LogP contribution in [0.4, 0.5) is 20.2 Å². The number of nitro groups is 1. The molecule has 1 aliphatic rings. The van der Waals surface area contributed by atoms with Gasteiger partial charge < -0.3 is 10.0 Å². The number of aliphatic hydroxyl groups is 1. The number of anilines is 1. The molecule has 0 radical (unpaired) electrons. The standard InChI is InChI=1S/C24H26F2N10O3/c25-18-1-6-21(22(26)13-18)24(37,14-34-17-27-16-28-34)15-35-30-23(29-31-35)7-8-32-9-11-33(12-10-32)19-2-4-20(5-3-19)36(38)39/h1-6,13,16-17,37H,7-12,14-15H2. The predicted molar refractivity (Wildman–Crippen MR) is 134 cm³/mol. The summed E-state index contributed by atoms with van der Waals surface area (Å²) in [5.74, 6) is -1.18. The quantitative estimate of drug-likeness (QED) is 0.232. The fourth-order valence-electron chi connectivity index (χ4n) is 4.62. The molecule has 204 valence electrons. The number of nitro benzene ring substituents is 1. The van der Waals surface area contributed by atoms with Crippen molar-refractivity contribution in [2.75, 3.05) is 37.6 Å².